The Kier molecular flexibility index (Phi) is 3.37. The molecule has 0 aliphatic carbocycles. The van der Waals surface area contributed by atoms with Crippen LogP contribution < -0.4 is 4.90 Å². The van der Waals surface area contributed by atoms with Crippen LogP contribution in [-0.4, -0.2) is 61.2 Å². The fourth-order valence-corrected chi connectivity index (χ4v) is 3.08. The zero-order chi connectivity index (χ0) is 29.9. The molecule has 0 saturated carbocycles. The second-order valence-electron chi connectivity index (χ2n) is 7.13. The third kappa shape index (κ3) is 4.46. The molecule has 0 bridgehead atoms. The number of piperazine rings is 1. The predicted molar refractivity (Wildman–Crippen MR) is 112 cm³/mol. The maximum absolute atomic E-state index is 15.7. The van der Waals surface area contributed by atoms with Crippen molar-refractivity contribution in [2.24, 2.45) is 5.92 Å². The molecule has 1 fully saturated rings. The third-order valence-corrected chi connectivity index (χ3v) is 4.32. The standard InChI is InChI=1S/C21H27FN8/c1-14(2)9-16-10-18(22)20(21-25-27-28-26-21)19(11-16)30-8-7-29(15(3)12-30)13-17-5-4-6-23-24-17/h4-6,10-11,14-15H,7-9,12-13H2,1-3H3,(H,25,26,27,28)/i3D3,7D2,8D2,12D2,15D. The fourth-order valence-electron chi connectivity index (χ4n) is 3.08. The molecule has 0 radical (unpaired) electrons. The van der Waals surface area contributed by atoms with Crippen molar-refractivity contribution in [3.05, 3.63) is 47.5 Å². The molecule has 2 aromatic heterocycles. The highest BCUT2D eigenvalue weighted by molar-refractivity contribution is 5.76. The lowest BCUT2D eigenvalue weighted by Gasteiger charge is -2.41. The van der Waals surface area contributed by atoms with Gasteiger partial charge in [0.25, 0.3) is 0 Å². The Hall–Kier alpha value is -2.94. The molecule has 1 saturated heterocycles. The number of halogens is 1. The minimum Gasteiger partial charge on any atom is -0.368 e. The normalized spacial score (nSPS) is 30.5. The van der Waals surface area contributed by atoms with Crippen molar-refractivity contribution in [2.45, 2.75) is 39.7 Å². The van der Waals surface area contributed by atoms with E-state index < -0.39 is 61.8 Å². The van der Waals surface area contributed by atoms with Gasteiger partial charge in [0, 0.05) is 46.5 Å². The zero-order valence-corrected chi connectivity index (χ0v) is 16.4. The van der Waals surface area contributed by atoms with Crippen LogP contribution in [-0.2, 0) is 13.0 Å². The molecule has 1 aromatic carbocycles. The lowest BCUT2D eigenvalue weighted by molar-refractivity contribution is 0.178. The Morgan fingerprint density at radius 3 is 2.97 bits per heavy atom. The van der Waals surface area contributed by atoms with E-state index in [0.29, 0.717) is 5.56 Å². The zero-order valence-electron chi connectivity index (χ0n) is 26.4. The van der Waals surface area contributed by atoms with Crippen LogP contribution >= 0.6 is 0 Å². The minimum absolute atomic E-state index is 0.00953. The van der Waals surface area contributed by atoms with Crippen molar-refractivity contribution in [3.63, 3.8) is 0 Å². The number of benzene rings is 1. The molecule has 1 atom stereocenters. The van der Waals surface area contributed by atoms with Crippen molar-refractivity contribution in [3.8, 4) is 11.4 Å². The Morgan fingerprint density at radius 1 is 1.37 bits per heavy atom. The average molecular weight is 421 g/mol. The summed E-state index contributed by atoms with van der Waals surface area (Å²) in [6.07, 6.45) is 1.58. The van der Waals surface area contributed by atoms with Crippen LogP contribution in [0.25, 0.3) is 11.4 Å². The van der Waals surface area contributed by atoms with Crippen LogP contribution in [0.2, 0.25) is 0 Å². The van der Waals surface area contributed by atoms with E-state index in [2.05, 4.69) is 30.8 Å². The number of aromatic nitrogens is 6. The largest absolute Gasteiger partial charge is 0.368 e. The van der Waals surface area contributed by atoms with Crippen LogP contribution in [0, 0.1) is 11.7 Å². The van der Waals surface area contributed by atoms with Gasteiger partial charge in [0.05, 0.1) is 22.4 Å². The summed E-state index contributed by atoms with van der Waals surface area (Å²) in [5.41, 5.74) is -0.839. The van der Waals surface area contributed by atoms with E-state index in [1.165, 1.54) is 24.4 Å². The first-order valence-corrected chi connectivity index (χ1v) is 9.28. The van der Waals surface area contributed by atoms with E-state index in [1.807, 2.05) is 13.8 Å². The van der Waals surface area contributed by atoms with Gasteiger partial charge >= 0.3 is 0 Å². The number of nitrogens with one attached hydrogen (secondary N) is 1. The monoisotopic (exact) mass is 420 g/mol. The highest BCUT2D eigenvalue weighted by Crippen LogP contribution is 2.34. The first-order valence-electron chi connectivity index (χ1n) is 14.3. The molecule has 1 unspecified atom stereocenters. The lowest BCUT2D eigenvalue weighted by Crippen LogP contribution is -2.51. The van der Waals surface area contributed by atoms with E-state index in [1.54, 1.807) is 0 Å². The summed E-state index contributed by atoms with van der Waals surface area (Å²) in [6, 6.07) is 1.71. The summed E-state index contributed by atoms with van der Waals surface area (Å²) < 4.78 is 103. The van der Waals surface area contributed by atoms with Crippen molar-refractivity contribution in [2.75, 3.05) is 24.4 Å². The Labute approximate surface area is 189 Å². The minimum atomic E-state index is -3.55. The Balaban J connectivity index is 2.06. The molecule has 3 heterocycles. The number of rotatable bonds is 6. The van der Waals surface area contributed by atoms with Gasteiger partial charge in [-0.3, -0.25) is 4.90 Å². The topological polar surface area (TPSA) is 86.7 Å². The molecule has 30 heavy (non-hydrogen) atoms. The third-order valence-electron chi connectivity index (χ3n) is 4.32. The van der Waals surface area contributed by atoms with Crippen molar-refractivity contribution in [1.82, 2.24) is 35.7 Å². The molecule has 8 nitrogen and oxygen atoms in total. The Bertz CT molecular complexity index is 1350. The van der Waals surface area contributed by atoms with Crippen LogP contribution in [0.3, 0.4) is 0 Å². The molecule has 9 heteroatoms. The van der Waals surface area contributed by atoms with E-state index in [0.717, 1.165) is 6.07 Å². The van der Waals surface area contributed by atoms with Crippen molar-refractivity contribution in [1.29, 1.82) is 0 Å². The molecule has 0 spiro atoms. The first-order chi connectivity index (χ1) is 18.4. The van der Waals surface area contributed by atoms with Gasteiger partial charge in [-0.25, -0.2) is 4.39 Å². The second-order valence-corrected chi connectivity index (χ2v) is 7.13. The van der Waals surface area contributed by atoms with Crippen LogP contribution in [0.1, 0.15) is 45.7 Å². The molecule has 4 rings (SSSR count). The van der Waals surface area contributed by atoms with E-state index in [-0.39, 0.29) is 27.8 Å². The Morgan fingerprint density at radius 2 is 2.27 bits per heavy atom. The summed E-state index contributed by atoms with van der Waals surface area (Å²) in [5, 5.41) is 20.5. The molecule has 0 amide bonds. The number of tetrazole rings is 1. The van der Waals surface area contributed by atoms with E-state index in [9.17, 15) is 0 Å². The number of H-pyrrole nitrogens is 1. The predicted octanol–water partition coefficient (Wildman–Crippen LogP) is 2.71. The molecule has 1 N–H and O–H groups in total. The summed E-state index contributed by atoms with van der Waals surface area (Å²) in [6.45, 7) is -10.9. The molecule has 1 aliphatic rings. The summed E-state index contributed by atoms with van der Waals surface area (Å²) >= 11 is 0. The number of hydrogen-bond donors (Lipinski definition) is 1. The van der Waals surface area contributed by atoms with E-state index in [4.69, 9.17) is 13.7 Å². The number of nitrogens with zero attached hydrogens (tertiary/aromatic N) is 7. The van der Waals surface area contributed by atoms with Gasteiger partial charge in [-0.15, -0.1) is 10.2 Å². The second kappa shape index (κ2) is 8.83. The van der Waals surface area contributed by atoms with Gasteiger partial charge in [0.2, 0.25) is 5.82 Å². The highest BCUT2D eigenvalue weighted by atomic mass is 19.1. The van der Waals surface area contributed by atoms with E-state index >= 15 is 4.39 Å². The van der Waals surface area contributed by atoms with Gasteiger partial charge in [-0.2, -0.15) is 15.4 Å². The van der Waals surface area contributed by atoms with Gasteiger partial charge in [0.1, 0.15) is 5.82 Å². The van der Waals surface area contributed by atoms with Gasteiger partial charge in [-0.1, -0.05) is 13.8 Å². The summed E-state index contributed by atoms with van der Waals surface area (Å²) in [4.78, 5) is 0.473. The molecular formula is C21H27FN8. The number of hydrogen-bond acceptors (Lipinski definition) is 7. The molecule has 1 aliphatic heterocycles. The first kappa shape index (κ1) is 11.5. The number of aromatic amines is 1. The molecule has 3 aromatic rings. The molecule has 158 valence electrons. The molecular weight excluding hydrogens is 383 g/mol. The van der Waals surface area contributed by atoms with Gasteiger partial charge < -0.3 is 4.90 Å². The summed E-state index contributed by atoms with van der Waals surface area (Å²) in [5.74, 6) is -1.40. The highest BCUT2D eigenvalue weighted by Gasteiger charge is 2.28. The number of anilines is 1. The fraction of sp³-hybridized carbons (Fsp3) is 0.476. The van der Waals surface area contributed by atoms with Gasteiger partial charge in [-0.05, 0) is 54.2 Å². The van der Waals surface area contributed by atoms with Crippen LogP contribution in [0.5, 0.6) is 0 Å². The van der Waals surface area contributed by atoms with Crippen LogP contribution in [0.15, 0.2) is 30.5 Å². The van der Waals surface area contributed by atoms with Crippen molar-refractivity contribution >= 4 is 5.69 Å². The SMILES string of the molecule is [2H]C([2H])([2H])C1([2H])N(Cc2cccnn2)C([2H])([2H])C([2H])([2H])N(c2cc(CC(C)C)cc(F)c2-c2nn[nH]n2)C1([2H])[2H]. The average Bonchev–Trinajstić information content (AvgIpc) is 3.34. The maximum Gasteiger partial charge on any atom is 0.209 e. The van der Waals surface area contributed by atoms with Gasteiger partial charge in [0.15, 0.2) is 0 Å². The van der Waals surface area contributed by atoms with Crippen LogP contribution in [0.4, 0.5) is 10.1 Å². The quantitative estimate of drug-likeness (QED) is 0.656. The van der Waals surface area contributed by atoms with Crippen molar-refractivity contribution < 1.29 is 18.1 Å². The smallest absolute Gasteiger partial charge is 0.209 e. The maximum atomic E-state index is 15.7. The lowest BCUT2D eigenvalue weighted by atomic mass is 9.98. The summed E-state index contributed by atoms with van der Waals surface area (Å²) in [7, 11) is 0.